The van der Waals surface area contributed by atoms with E-state index in [1.165, 1.54) is 24.5 Å². The zero-order chi connectivity index (χ0) is 15.0. The van der Waals surface area contributed by atoms with E-state index in [4.69, 9.17) is 0 Å². The molecule has 2 rings (SSSR count). The first-order valence-corrected chi connectivity index (χ1v) is 8.46. The number of rotatable bonds is 3. The van der Waals surface area contributed by atoms with Crippen molar-refractivity contribution in [3.05, 3.63) is 36.7 Å². The number of hydrogen-bond donors (Lipinski definition) is 4. The molecule has 0 saturated carbocycles. The van der Waals surface area contributed by atoms with E-state index in [0.717, 1.165) is 12.1 Å². The summed E-state index contributed by atoms with van der Waals surface area (Å²) in [5.41, 5.74) is -0.500. The van der Waals surface area contributed by atoms with Crippen LogP contribution < -0.4 is 10.6 Å². The molecule has 0 spiro atoms. The second-order valence-electron chi connectivity index (χ2n) is 3.83. The van der Waals surface area contributed by atoms with Gasteiger partial charge in [-0.3, -0.25) is 19.1 Å². The Hall–Kier alpha value is -1.40. The Morgan fingerprint density at radius 2 is 1.10 bits per heavy atom. The smallest absolute Gasteiger partial charge is 0.321 e. The first kappa shape index (κ1) is 15.0. The molecule has 8 nitrogen and oxygen atoms in total. The largest absolute Gasteiger partial charge is 0.358 e. The molecule has 0 unspecified atom stereocenters. The first-order valence-electron chi connectivity index (χ1n) is 5.24. The Labute approximate surface area is 113 Å². The molecule has 2 aromatic rings. The zero-order valence-corrected chi connectivity index (χ0v) is 11.6. The van der Waals surface area contributed by atoms with Crippen LogP contribution in [0.2, 0.25) is 0 Å². The monoisotopic (exact) mass is 316 g/mol. The van der Waals surface area contributed by atoms with Crippen LogP contribution in [0.5, 0.6) is 0 Å². The predicted octanol–water partition coefficient (Wildman–Crippen LogP) is -0.250. The summed E-state index contributed by atoms with van der Waals surface area (Å²) in [5, 5.41) is -0.873. The van der Waals surface area contributed by atoms with Crippen molar-refractivity contribution < 1.29 is 28.7 Å². The molecular formula is C10H10N2O6P2. The standard InChI is InChI=1S/C10H10N2O6P2/c13-19(14,15)7-3-1-5-11-9(7)10-8(20(16,17)18)4-2-6-12-10/h1-6H,(H2,13,14,15)(H2,16,17,18). The van der Waals surface area contributed by atoms with E-state index in [9.17, 15) is 28.7 Å². The van der Waals surface area contributed by atoms with Crippen molar-refractivity contribution in [1.82, 2.24) is 9.97 Å². The van der Waals surface area contributed by atoms with Crippen molar-refractivity contribution >= 4 is 25.8 Å². The summed E-state index contributed by atoms with van der Waals surface area (Å²) in [7, 11) is -9.30. The van der Waals surface area contributed by atoms with Crippen LogP contribution in [0, 0.1) is 0 Å². The third-order valence-corrected chi connectivity index (χ3v) is 4.40. The van der Waals surface area contributed by atoms with Gasteiger partial charge in [-0.1, -0.05) is 0 Å². The molecule has 2 aromatic heterocycles. The molecule has 106 valence electrons. The van der Waals surface area contributed by atoms with Crippen LogP contribution in [-0.4, -0.2) is 29.5 Å². The molecule has 0 fully saturated rings. The summed E-state index contributed by atoms with van der Waals surface area (Å²) in [6.07, 6.45) is 2.51. The van der Waals surface area contributed by atoms with Gasteiger partial charge in [0.25, 0.3) is 0 Å². The highest BCUT2D eigenvalue weighted by atomic mass is 31.2. The molecule has 0 aliphatic rings. The number of nitrogens with zero attached hydrogens (tertiary/aromatic N) is 2. The lowest BCUT2D eigenvalue weighted by atomic mass is 10.2. The van der Waals surface area contributed by atoms with Gasteiger partial charge in [0.05, 0.1) is 10.6 Å². The van der Waals surface area contributed by atoms with E-state index < -0.39 is 25.8 Å². The third-order valence-electron chi connectivity index (χ3n) is 2.42. The average Bonchev–Trinajstić information content (AvgIpc) is 2.37. The fourth-order valence-corrected chi connectivity index (χ4v) is 3.07. The fourth-order valence-electron chi connectivity index (χ4n) is 1.63. The van der Waals surface area contributed by atoms with E-state index in [1.807, 2.05) is 0 Å². The van der Waals surface area contributed by atoms with Crippen LogP contribution in [0.15, 0.2) is 36.7 Å². The van der Waals surface area contributed by atoms with Crippen LogP contribution in [0.25, 0.3) is 11.4 Å². The van der Waals surface area contributed by atoms with Crippen LogP contribution in [0.1, 0.15) is 0 Å². The lowest BCUT2D eigenvalue weighted by Crippen LogP contribution is -2.17. The minimum absolute atomic E-state index is 0.250. The lowest BCUT2D eigenvalue weighted by Gasteiger charge is -2.13. The Kier molecular flexibility index (Phi) is 3.88. The van der Waals surface area contributed by atoms with Gasteiger partial charge in [-0.15, -0.1) is 0 Å². The van der Waals surface area contributed by atoms with Gasteiger partial charge in [-0.05, 0) is 24.3 Å². The van der Waals surface area contributed by atoms with E-state index in [2.05, 4.69) is 9.97 Å². The number of aromatic nitrogens is 2. The second-order valence-corrected chi connectivity index (χ2v) is 6.97. The van der Waals surface area contributed by atoms with Gasteiger partial charge < -0.3 is 19.6 Å². The summed E-state index contributed by atoms with van der Waals surface area (Å²) in [5.74, 6) is 0. The van der Waals surface area contributed by atoms with Gasteiger partial charge in [0.2, 0.25) is 0 Å². The van der Waals surface area contributed by atoms with Crippen LogP contribution in [-0.2, 0) is 9.13 Å². The van der Waals surface area contributed by atoms with Gasteiger partial charge in [-0.25, -0.2) is 0 Å². The van der Waals surface area contributed by atoms with Gasteiger partial charge in [0.15, 0.2) is 0 Å². The quantitative estimate of drug-likeness (QED) is 0.568. The van der Waals surface area contributed by atoms with E-state index in [-0.39, 0.29) is 11.4 Å². The Bertz CT molecular complexity index is 675. The zero-order valence-electron chi connectivity index (χ0n) is 9.86. The van der Waals surface area contributed by atoms with Gasteiger partial charge in [0, 0.05) is 12.4 Å². The Balaban J connectivity index is 2.78. The van der Waals surface area contributed by atoms with Crippen molar-refractivity contribution in [1.29, 1.82) is 0 Å². The molecule has 10 heteroatoms. The second kappa shape index (κ2) is 5.18. The third kappa shape index (κ3) is 3.02. The van der Waals surface area contributed by atoms with Crippen molar-refractivity contribution in [3.8, 4) is 11.4 Å². The molecule has 0 aromatic carbocycles. The molecule has 0 bridgehead atoms. The van der Waals surface area contributed by atoms with Crippen molar-refractivity contribution in [2.24, 2.45) is 0 Å². The molecule has 0 aliphatic carbocycles. The van der Waals surface area contributed by atoms with Crippen LogP contribution >= 0.6 is 15.2 Å². The Morgan fingerprint density at radius 1 is 0.750 bits per heavy atom. The molecule has 2 heterocycles. The molecular weight excluding hydrogens is 306 g/mol. The van der Waals surface area contributed by atoms with Gasteiger partial charge in [0.1, 0.15) is 11.4 Å². The summed E-state index contributed by atoms with van der Waals surface area (Å²) in [6, 6.07) is 4.92. The van der Waals surface area contributed by atoms with E-state index >= 15 is 0 Å². The van der Waals surface area contributed by atoms with Crippen LogP contribution in [0.3, 0.4) is 0 Å². The molecule has 4 N–H and O–H groups in total. The van der Waals surface area contributed by atoms with Crippen molar-refractivity contribution in [2.45, 2.75) is 0 Å². The minimum Gasteiger partial charge on any atom is -0.321 e. The molecule has 0 aliphatic heterocycles. The van der Waals surface area contributed by atoms with Crippen molar-refractivity contribution in [2.75, 3.05) is 0 Å². The highest BCUT2D eigenvalue weighted by Gasteiger charge is 2.29. The van der Waals surface area contributed by atoms with Gasteiger partial charge >= 0.3 is 15.2 Å². The van der Waals surface area contributed by atoms with E-state index in [0.29, 0.717) is 0 Å². The summed E-state index contributed by atoms with van der Waals surface area (Å²) in [4.78, 5) is 44.7. The molecule has 0 saturated heterocycles. The lowest BCUT2D eigenvalue weighted by molar-refractivity contribution is 0.385. The molecule has 0 amide bonds. The minimum atomic E-state index is -4.65. The van der Waals surface area contributed by atoms with Crippen molar-refractivity contribution in [3.63, 3.8) is 0 Å². The van der Waals surface area contributed by atoms with E-state index in [1.54, 1.807) is 0 Å². The number of hydrogen-bond acceptors (Lipinski definition) is 4. The number of pyridine rings is 2. The summed E-state index contributed by atoms with van der Waals surface area (Å²) in [6.45, 7) is 0. The molecule has 20 heavy (non-hydrogen) atoms. The maximum atomic E-state index is 11.4. The Morgan fingerprint density at radius 3 is 1.40 bits per heavy atom. The maximum absolute atomic E-state index is 11.4. The maximum Gasteiger partial charge on any atom is 0.358 e. The highest BCUT2D eigenvalue weighted by molar-refractivity contribution is 7.61. The summed E-state index contributed by atoms with van der Waals surface area (Å²) < 4.78 is 22.8. The predicted molar refractivity (Wildman–Crippen MR) is 70.8 cm³/mol. The first-order chi connectivity index (χ1) is 9.21. The fraction of sp³-hybridized carbons (Fsp3) is 0. The highest BCUT2D eigenvalue weighted by Crippen LogP contribution is 2.40. The average molecular weight is 316 g/mol. The van der Waals surface area contributed by atoms with Crippen LogP contribution in [0.4, 0.5) is 0 Å². The molecule has 0 atom stereocenters. The molecule has 0 radical (unpaired) electrons. The SMILES string of the molecule is O=P(O)(O)c1cccnc1-c1ncccc1P(=O)(O)O. The normalized spacial score (nSPS) is 12.4. The summed E-state index contributed by atoms with van der Waals surface area (Å²) >= 11 is 0. The topological polar surface area (TPSA) is 141 Å². The van der Waals surface area contributed by atoms with Gasteiger partial charge in [-0.2, -0.15) is 0 Å².